The average Bonchev–Trinajstić information content (AvgIpc) is 2.78. The summed E-state index contributed by atoms with van der Waals surface area (Å²) in [7, 11) is 1.49. The minimum atomic E-state index is -1.13. The summed E-state index contributed by atoms with van der Waals surface area (Å²) in [6.07, 6.45) is 3.05. The van der Waals surface area contributed by atoms with Gasteiger partial charge in [0.2, 0.25) is 0 Å². The highest BCUT2D eigenvalue weighted by atomic mass is 16.4. The Labute approximate surface area is 116 Å². The molecular weight excluding hydrogens is 264 g/mol. The molecule has 0 unspecified atom stereocenters. The first kappa shape index (κ1) is 16.0. The molecule has 0 aliphatic carbocycles. The van der Waals surface area contributed by atoms with Gasteiger partial charge in [0, 0.05) is 25.4 Å². The van der Waals surface area contributed by atoms with E-state index in [4.69, 9.17) is 5.11 Å². The number of rotatable bonds is 6. The van der Waals surface area contributed by atoms with Crippen molar-refractivity contribution in [3.05, 3.63) is 18.2 Å². The quantitative estimate of drug-likeness (QED) is 0.578. The second-order valence-electron chi connectivity index (χ2n) is 5.29. The number of aliphatic hydroxyl groups is 1. The number of likely N-dealkylation sites (N-methyl/N-ethyl adjacent to an activating group) is 1. The number of aromatic nitrogens is 2. The third kappa shape index (κ3) is 5.27. The first-order chi connectivity index (χ1) is 9.19. The zero-order valence-electron chi connectivity index (χ0n) is 11.8. The van der Waals surface area contributed by atoms with E-state index < -0.39 is 23.6 Å². The van der Waals surface area contributed by atoms with Crippen LogP contribution in [0.3, 0.4) is 0 Å². The molecule has 0 bridgehead atoms. The molecule has 1 heterocycles. The summed E-state index contributed by atoms with van der Waals surface area (Å²) >= 11 is 0. The molecule has 4 N–H and O–H groups in total. The van der Waals surface area contributed by atoms with E-state index in [2.05, 4.69) is 15.3 Å². The van der Waals surface area contributed by atoms with Crippen molar-refractivity contribution in [3.8, 4) is 0 Å². The molecular formula is C12H20N4O4. The van der Waals surface area contributed by atoms with E-state index in [9.17, 15) is 14.7 Å². The van der Waals surface area contributed by atoms with Gasteiger partial charge in [0.25, 0.3) is 0 Å². The number of aromatic amines is 1. The molecule has 0 aliphatic heterocycles. The normalized spacial score (nSPS) is 12.8. The molecule has 0 aromatic carbocycles. The van der Waals surface area contributed by atoms with Crippen molar-refractivity contribution in [2.24, 2.45) is 0 Å². The molecule has 1 aromatic rings. The van der Waals surface area contributed by atoms with Crippen LogP contribution in [0.5, 0.6) is 0 Å². The zero-order chi connectivity index (χ0) is 15.3. The predicted molar refractivity (Wildman–Crippen MR) is 71.2 cm³/mol. The number of nitrogens with zero attached hydrogens (tertiary/aromatic N) is 2. The summed E-state index contributed by atoms with van der Waals surface area (Å²) < 4.78 is 0. The monoisotopic (exact) mass is 284 g/mol. The van der Waals surface area contributed by atoms with Gasteiger partial charge < -0.3 is 25.4 Å². The third-order valence-electron chi connectivity index (χ3n) is 2.55. The molecule has 0 fully saturated rings. The fourth-order valence-electron chi connectivity index (χ4n) is 1.73. The molecule has 0 saturated heterocycles. The van der Waals surface area contributed by atoms with Crippen LogP contribution in [0.4, 0.5) is 4.79 Å². The molecule has 0 radical (unpaired) electrons. The lowest BCUT2D eigenvalue weighted by Gasteiger charge is -2.27. The lowest BCUT2D eigenvalue weighted by molar-refractivity contribution is -0.139. The van der Waals surface area contributed by atoms with Crippen LogP contribution in [0.25, 0.3) is 0 Å². The van der Waals surface area contributed by atoms with Gasteiger partial charge >= 0.3 is 12.0 Å². The molecule has 8 heteroatoms. The average molecular weight is 284 g/mol. The topological polar surface area (TPSA) is 119 Å². The molecule has 20 heavy (non-hydrogen) atoms. The van der Waals surface area contributed by atoms with Gasteiger partial charge in [-0.05, 0) is 13.8 Å². The van der Waals surface area contributed by atoms with Gasteiger partial charge in [-0.25, -0.2) is 14.6 Å². The van der Waals surface area contributed by atoms with Crippen molar-refractivity contribution in [3.63, 3.8) is 0 Å². The number of nitrogens with one attached hydrogen (secondary N) is 2. The van der Waals surface area contributed by atoms with Crippen LogP contribution in [0.1, 0.15) is 19.5 Å². The van der Waals surface area contributed by atoms with E-state index in [0.29, 0.717) is 5.69 Å². The standard InChI is InChI=1S/C12H20N4O4/c1-12(2,20)6-16(3)11(19)15-9(10(17)18)4-8-5-13-7-14-8/h5,7,9,20H,4,6H2,1-3H3,(H,13,14)(H,15,19)(H,17,18)/t9-/m1/s1. The fraction of sp³-hybridized carbons (Fsp3) is 0.583. The second kappa shape index (κ2) is 6.38. The highest BCUT2D eigenvalue weighted by molar-refractivity contribution is 5.82. The summed E-state index contributed by atoms with van der Waals surface area (Å²) in [6.45, 7) is 3.22. The van der Waals surface area contributed by atoms with Crippen molar-refractivity contribution < 1.29 is 19.8 Å². The highest BCUT2D eigenvalue weighted by Gasteiger charge is 2.25. The van der Waals surface area contributed by atoms with Gasteiger partial charge in [-0.15, -0.1) is 0 Å². The van der Waals surface area contributed by atoms with Gasteiger partial charge in [0.05, 0.1) is 18.5 Å². The maximum Gasteiger partial charge on any atom is 0.326 e. The second-order valence-corrected chi connectivity index (χ2v) is 5.29. The Bertz CT molecular complexity index is 453. The molecule has 0 spiro atoms. The number of carbonyl (C=O) groups is 2. The SMILES string of the molecule is CN(CC(C)(C)O)C(=O)N[C@H](Cc1cnc[nH]1)C(=O)O. The first-order valence-corrected chi connectivity index (χ1v) is 6.13. The molecule has 0 aliphatic rings. The Morgan fingerprint density at radius 2 is 2.20 bits per heavy atom. The minimum Gasteiger partial charge on any atom is -0.480 e. The number of aliphatic carboxylic acids is 1. The molecule has 2 amide bonds. The Morgan fingerprint density at radius 3 is 2.65 bits per heavy atom. The maximum absolute atomic E-state index is 11.9. The lowest BCUT2D eigenvalue weighted by Crippen LogP contribution is -2.50. The van der Waals surface area contributed by atoms with Crippen molar-refractivity contribution in [2.75, 3.05) is 13.6 Å². The van der Waals surface area contributed by atoms with Crippen LogP contribution in [0.15, 0.2) is 12.5 Å². The van der Waals surface area contributed by atoms with Crippen molar-refractivity contribution >= 4 is 12.0 Å². The molecule has 1 rings (SSSR count). The van der Waals surface area contributed by atoms with E-state index in [1.807, 2.05) is 0 Å². The number of imidazole rings is 1. The predicted octanol–water partition coefficient (Wildman–Crippen LogP) is -0.182. The number of H-pyrrole nitrogens is 1. The maximum atomic E-state index is 11.9. The van der Waals surface area contributed by atoms with Crippen LogP contribution < -0.4 is 5.32 Å². The summed E-state index contributed by atoms with van der Waals surface area (Å²) in [4.78, 5) is 30.8. The van der Waals surface area contributed by atoms with Gasteiger partial charge in [-0.3, -0.25) is 0 Å². The van der Waals surface area contributed by atoms with Crippen LogP contribution >= 0.6 is 0 Å². The van der Waals surface area contributed by atoms with E-state index in [-0.39, 0.29) is 13.0 Å². The van der Waals surface area contributed by atoms with E-state index in [0.717, 1.165) is 0 Å². The van der Waals surface area contributed by atoms with Crippen LogP contribution in [-0.4, -0.2) is 62.3 Å². The molecule has 112 valence electrons. The number of carbonyl (C=O) groups excluding carboxylic acids is 1. The first-order valence-electron chi connectivity index (χ1n) is 6.13. The third-order valence-corrected chi connectivity index (χ3v) is 2.55. The van der Waals surface area contributed by atoms with Crippen molar-refractivity contribution in [1.82, 2.24) is 20.2 Å². The number of urea groups is 1. The molecule has 1 aromatic heterocycles. The Morgan fingerprint density at radius 1 is 1.55 bits per heavy atom. The highest BCUT2D eigenvalue weighted by Crippen LogP contribution is 2.04. The van der Waals surface area contributed by atoms with Gasteiger partial charge in [0.1, 0.15) is 6.04 Å². The van der Waals surface area contributed by atoms with Crippen molar-refractivity contribution in [1.29, 1.82) is 0 Å². The Balaban J connectivity index is 2.61. The molecule has 0 saturated carbocycles. The smallest absolute Gasteiger partial charge is 0.326 e. The number of carboxylic acid groups (broad SMARTS) is 1. The molecule has 8 nitrogen and oxygen atoms in total. The Hall–Kier alpha value is -2.09. The number of hydrogen-bond acceptors (Lipinski definition) is 4. The van der Waals surface area contributed by atoms with E-state index in [1.165, 1.54) is 24.5 Å². The van der Waals surface area contributed by atoms with Crippen LogP contribution in [0.2, 0.25) is 0 Å². The summed E-state index contributed by atoms with van der Waals surface area (Å²) in [6, 6.07) is -1.62. The largest absolute Gasteiger partial charge is 0.480 e. The summed E-state index contributed by atoms with van der Waals surface area (Å²) in [5, 5.41) is 21.2. The number of carboxylic acids is 1. The van der Waals surface area contributed by atoms with E-state index in [1.54, 1.807) is 13.8 Å². The van der Waals surface area contributed by atoms with Crippen LogP contribution in [0, 0.1) is 0 Å². The summed E-state index contributed by atoms with van der Waals surface area (Å²) in [5.74, 6) is -1.13. The zero-order valence-corrected chi connectivity index (χ0v) is 11.8. The number of amides is 2. The van der Waals surface area contributed by atoms with Crippen molar-refractivity contribution in [2.45, 2.75) is 31.9 Å². The minimum absolute atomic E-state index is 0.0925. The lowest BCUT2D eigenvalue weighted by atomic mass is 10.1. The Kier molecular flexibility index (Phi) is 5.09. The molecule has 1 atom stereocenters. The number of hydrogen-bond donors (Lipinski definition) is 4. The summed E-state index contributed by atoms with van der Waals surface area (Å²) in [5.41, 5.74) is -0.434. The van der Waals surface area contributed by atoms with E-state index >= 15 is 0 Å². The van der Waals surface area contributed by atoms with Gasteiger partial charge in [-0.1, -0.05) is 0 Å². The van der Waals surface area contributed by atoms with Gasteiger partial charge in [-0.2, -0.15) is 0 Å². The van der Waals surface area contributed by atoms with Gasteiger partial charge in [0.15, 0.2) is 0 Å². The fourth-order valence-corrected chi connectivity index (χ4v) is 1.73. The van der Waals surface area contributed by atoms with Crippen LogP contribution in [-0.2, 0) is 11.2 Å².